The van der Waals surface area contributed by atoms with Crippen molar-refractivity contribution in [3.63, 3.8) is 0 Å². The van der Waals surface area contributed by atoms with Crippen LogP contribution in [0.3, 0.4) is 0 Å². The van der Waals surface area contributed by atoms with Gasteiger partial charge in [0.15, 0.2) is 5.82 Å². The van der Waals surface area contributed by atoms with Gasteiger partial charge in [-0.3, -0.25) is 9.59 Å². The van der Waals surface area contributed by atoms with E-state index >= 15 is 0 Å². The molecule has 1 atom stereocenters. The van der Waals surface area contributed by atoms with Crippen molar-refractivity contribution in [2.45, 2.75) is 34.1 Å². The third-order valence-electron chi connectivity index (χ3n) is 6.33. The van der Waals surface area contributed by atoms with Crippen LogP contribution in [0, 0.1) is 11.8 Å². The van der Waals surface area contributed by atoms with Crippen molar-refractivity contribution < 1.29 is 14.3 Å². The maximum Gasteiger partial charge on any atom is 0.242 e. The number of benzene rings is 1. The number of ether oxygens (including phenoxy) is 1. The molecule has 184 valence electrons. The zero-order valence-electron chi connectivity index (χ0n) is 21.0. The average molecular weight is 468 g/mol. The summed E-state index contributed by atoms with van der Waals surface area (Å²) in [5.74, 6) is 1.88. The molecule has 0 radical (unpaired) electrons. The molecule has 1 aliphatic heterocycles. The Bertz CT molecular complexity index is 955. The lowest BCUT2D eigenvalue weighted by molar-refractivity contribution is -0.143. The first-order valence-corrected chi connectivity index (χ1v) is 12.1. The molecular formula is C26H37N5O3. The number of carbonyl (C=O) groups is 2. The molecule has 0 bridgehead atoms. The third kappa shape index (κ3) is 6.46. The van der Waals surface area contributed by atoms with Crippen molar-refractivity contribution in [2.24, 2.45) is 11.8 Å². The zero-order chi connectivity index (χ0) is 24.7. The fraction of sp³-hybridized carbons (Fsp3) is 0.538. The topological polar surface area (TPSA) is 78.9 Å². The highest BCUT2D eigenvalue weighted by Crippen LogP contribution is 2.23. The Morgan fingerprint density at radius 3 is 2.38 bits per heavy atom. The van der Waals surface area contributed by atoms with Crippen molar-refractivity contribution in [3.8, 4) is 17.0 Å². The van der Waals surface area contributed by atoms with Crippen LogP contribution in [-0.2, 0) is 9.59 Å². The van der Waals surface area contributed by atoms with Crippen molar-refractivity contribution >= 4 is 17.6 Å². The molecule has 1 saturated heterocycles. The van der Waals surface area contributed by atoms with Gasteiger partial charge in [-0.1, -0.05) is 46.2 Å². The van der Waals surface area contributed by atoms with E-state index in [2.05, 4.69) is 28.9 Å². The molecule has 1 unspecified atom stereocenters. The van der Waals surface area contributed by atoms with Crippen LogP contribution in [0.15, 0.2) is 36.4 Å². The van der Waals surface area contributed by atoms with E-state index in [1.807, 2.05) is 55.1 Å². The van der Waals surface area contributed by atoms with Crippen LogP contribution in [0.1, 0.15) is 34.1 Å². The minimum absolute atomic E-state index is 0.0106. The Kier molecular flexibility index (Phi) is 8.85. The molecule has 0 N–H and O–H groups in total. The second-order valence-electron chi connectivity index (χ2n) is 9.26. The van der Waals surface area contributed by atoms with E-state index in [0.29, 0.717) is 38.6 Å². The van der Waals surface area contributed by atoms with E-state index in [1.165, 1.54) is 0 Å². The lowest BCUT2D eigenvalue weighted by atomic mass is 10.1. The quantitative estimate of drug-likeness (QED) is 0.563. The number of hydrogen-bond donors (Lipinski definition) is 0. The molecule has 8 nitrogen and oxygen atoms in total. The smallest absolute Gasteiger partial charge is 0.242 e. The SMILES string of the molecule is CCC(C)CN(CC(=O)N1CCN(c2ccc(-c3cccc(OC)c3)nn2)CC1)C(=O)C(C)C. The summed E-state index contributed by atoms with van der Waals surface area (Å²) in [7, 11) is 1.64. The van der Waals surface area contributed by atoms with Gasteiger partial charge in [0.25, 0.3) is 0 Å². The number of nitrogens with zero attached hydrogens (tertiary/aromatic N) is 5. The Hall–Kier alpha value is -3.16. The lowest BCUT2D eigenvalue weighted by Gasteiger charge is -2.36. The number of amides is 2. The molecule has 1 aromatic heterocycles. The van der Waals surface area contributed by atoms with Crippen LogP contribution >= 0.6 is 0 Å². The fourth-order valence-electron chi connectivity index (χ4n) is 3.98. The Morgan fingerprint density at radius 1 is 1.06 bits per heavy atom. The Morgan fingerprint density at radius 2 is 1.79 bits per heavy atom. The minimum atomic E-state index is -0.118. The molecule has 0 aliphatic carbocycles. The number of hydrogen-bond acceptors (Lipinski definition) is 6. The summed E-state index contributed by atoms with van der Waals surface area (Å²) in [6.07, 6.45) is 0.979. The maximum atomic E-state index is 13.0. The van der Waals surface area contributed by atoms with Crippen LogP contribution in [0.4, 0.5) is 5.82 Å². The fourth-order valence-corrected chi connectivity index (χ4v) is 3.98. The summed E-state index contributed by atoms with van der Waals surface area (Å²) in [4.78, 5) is 31.3. The van der Waals surface area contributed by atoms with Crippen LogP contribution in [0.25, 0.3) is 11.3 Å². The summed E-state index contributed by atoms with van der Waals surface area (Å²) in [5, 5.41) is 8.81. The molecule has 34 heavy (non-hydrogen) atoms. The number of methoxy groups -OCH3 is 1. The molecule has 2 amide bonds. The summed E-state index contributed by atoms with van der Waals surface area (Å²) in [5.41, 5.74) is 1.74. The van der Waals surface area contributed by atoms with Gasteiger partial charge in [-0.05, 0) is 30.2 Å². The molecule has 0 spiro atoms. The van der Waals surface area contributed by atoms with Gasteiger partial charge in [0, 0.05) is 44.2 Å². The summed E-state index contributed by atoms with van der Waals surface area (Å²) in [6, 6.07) is 11.7. The van der Waals surface area contributed by atoms with E-state index in [1.54, 1.807) is 12.0 Å². The normalized spacial score (nSPS) is 14.8. The van der Waals surface area contributed by atoms with Gasteiger partial charge in [-0.25, -0.2) is 0 Å². The standard InChI is InChI=1S/C26H37N5O3/c1-6-20(4)17-31(26(33)19(2)3)18-25(32)30-14-12-29(13-15-30)24-11-10-23(27-28-24)21-8-7-9-22(16-21)34-5/h7-11,16,19-20H,6,12-15,17-18H2,1-5H3. The average Bonchev–Trinajstić information content (AvgIpc) is 2.87. The van der Waals surface area contributed by atoms with Crippen molar-refractivity contribution in [2.75, 3.05) is 51.3 Å². The third-order valence-corrected chi connectivity index (χ3v) is 6.33. The van der Waals surface area contributed by atoms with Crippen LogP contribution in [-0.4, -0.2) is 78.2 Å². The van der Waals surface area contributed by atoms with Crippen molar-refractivity contribution in [1.82, 2.24) is 20.0 Å². The van der Waals surface area contributed by atoms with E-state index in [9.17, 15) is 9.59 Å². The monoisotopic (exact) mass is 467 g/mol. The van der Waals surface area contributed by atoms with E-state index < -0.39 is 0 Å². The predicted molar refractivity (Wildman–Crippen MR) is 134 cm³/mol. The van der Waals surface area contributed by atoms with Gasteiger partial charge < -0.3 is 19.4 Å². The highest BCUT2D eigenvalue weighted by atomic mass is 16.5. The van der Waals surface area contributed by atoms with Crippen molar-refractivity contribution in [3.05, 3.63) is 36.4 Å². The van der Waals surface area contributed by atoms with Crippen LogP contribution in [0.2, 0.25) is 0 Å². The second-order valence-corrected chi connectivity index (χ2v) is 9.26. The molecule has 1 aliphatic rings. The number of carbonyl (C=O) groups excluding carboxylic acids is 2. The van der Waals surface area contributed by atoms with Gasteiger partial charge in [0.2, 0.25) is 11.8 Å². The highest BCUT2D eigenvalue weighted by molar-refractivity contribution is 5.85. The zero-order valence-corrected chi connectivity index (χ0v) is 21.0. The van der Waals surface area contributed by atoms with Gasteiger partial charge in [-0.2, -0.15) is 0 Å². The van der Waals surface area contributed by atoms with Crippen LogP contribution in [0.5, 0.6) is 5.75 Å². The minimum Gasteiger partial charge on any atom is -0.497 e. The number of rotatable bonds is 9. The van der Waals surface area contributed by atoms with Gasteiger partial charge in [0.05, 0.1) is 19.3 Å². The first-order valence-electron chi connectivity index (χ1n) is 12.1. The predicted octanol–water partition coefficient (Wildman–Crippen LogP) is 3.33. The summed E-state index contributed by atoms with van der Waals surface area (Å²) in [6.45, 7) is 11.3. The number of aromatic nitrogens is 2. The molecule has 2 aromatic rings. The molecule has 0 saturated carbocycles. The first kappa shape index (κ1) is 25.5. The van der Waals surface area contributed by atoms with E-state index in [-0.39, 0.29) is 24.3 Å². The molecule has 1 aromatic carbocycles. The van der Waals surface area contributed by atoms with Crippen LogP contribution < -0.4 is 9.64 Å². The van der Waals surface area contributed by atoms with E-state index in [0.717, 1.165) is 29.2 Å². The number of piperazine rings is 1. The molecule has 1 fully saturated rings. The largest absolute Gasteiger partial charge is 0.497 e. The molecule has 2 heterocycles. The van der Waals surface area contributed by atoms with Crippen molar-refractivity contribution in [1.29, 1.82) is 0 Å². The lowest BCUT2D eigenvalue weighted by Crippen LogP contribution is -2.52. The molecular weight excluding hydrogens is 430 g/mol. The summed E-state index contributed by atoms with van der Waals surface area (Å²) < 4.78 is 5.29. The Balaban J connectivity index is 1.57. The molecule has 8 heteroatoms. The van der Waals surface area contributed by atoms with Gasteiger partial charge in [-0.15, -0.1) is 10.2 Å². The van der Waals surface area contributed by atoms with Gasteiger partial charge in [0.1, 0.15) is 5.75 Å². The van der Waals surface area contributed by atoms with Gasteiger partial charge >= 0.3 is 0 Å². The number of anilines is 1. The maximum absolute atomic E-state index is 13.0. The summed E-state index contributed by atoms with van der Waals surface area (Å²) >= 11 is 0. The van der Waals surface area contributed by atoms with E-state index in [4.69, 9.17) is 4.74 Å². The first-order chi connectivity index (χ1) is 16.3. The highest BCUT2D eigenvalue weighted by Gasteiger charge is 2.27. The Labute approximate surface area is 202 Å². The second kappa shape index (κ2) is 11.8. The molecule has 3 rings (SSSR count).